The third kappa shape index (κ3) is 1.26. The van der Waals surface area contributed by atoms with Crippen LogP contribution in [0.15, 0.2) is 17.1 Å². The molecule has 0 spiro atoms. The Morgan fingerprint density at radius 2 is 2.31 bits per heavy atom. The Morgan fingerprint density at radius 1 is 1.62 bits per heavy atom. The van der Waals surface area contributed by atoms with Crippen LogP contribution < -0.4 is 5.69 Å². The third-order valence-electron chi connectivity index (χ3n) is 1.73. The second-order valence-electron chi connectivity index (χ2n) is 2.58. The minimum absolute atomic E-state index is 0.187. The molecule has 0 aliphatic carbocycles. The van der Waals surface area contributed by atoms with E-state index in [1.54, 1.807) is 19.3 Å². The normalized spacial score (nSPS) is 11.0. The Kier molecular flexibility index (Phi) is 2.07. The van der Waals surface area contributed by atoms with Crippen molar-refractivity contribution >= 4 is 39.8 Å². The van der Waals surface area contributed by atoms with E-state index in [4.69, 9.17) is 11.6 Å². The minimum Gasteiger partial charge on any atom is -0.249 e. The van der Waals surface area contributed by atoms with Crippen LogP contribution in [-0.4, -0.2) is 14.2 Å². The lowest BCUT2D eigenvalue weighted by molar-refractivity contribution is 0.733. The summed E-state index contributed by atoms with van der Waals surface area (Å²) in [4.78, 5) is 11.4. The summed E-state index contributed by atoms with van der Waals surface area (Å²) in [6.07, 6.45) is 1.66. The zero-order valence-corrected chi connectivity index (χ0v) is 9.57. The van der Waals surface area contributed by atoms with Crippen LogP contribution in [0.25, 0.3) is 5.65 Å². The molecule has 0 N–H and O–H groups in total. The maximum Gasteiger partial charge on any atom is 0.350 e. The molecule has 4 nitrogen and oxygen atoms in total. The van der Waals surface area contributed by atoms with Gasteiger partial charge in [-0.2, -0.15) is 0 Å². The Labute approximate surface area is 92.3 Å². The molecule has 0 atom stereocenters. The van der Waals surface area contributed by atoms with Crippen LogP contribution in [-0.2, 0) is 7.05 Å². The van der Waals surface area contributed by atoms with Gasteiger partial charge in [0.2, 0.25) is 0 Å². The second-order valence-corrected chi connectivity index (χ2v) is 4.12. The molecular weight excluding hydrogens is 304 g/mol. The van der Waals surface area contributed by atoms with Gasteiger partial charge in [0.1, 0.15) is 0 Å². The number of halogens is 2. The number of aromatic nitrogens is 3. The maximum atomic E-state index is 11.4. The fraction of sp³-hybridized carbons (Fsp3) is 0.143. The summed E-state index contributed by atoms with van der Waals surface area (Å²) >= 11 is 8.07. The average Bonchev–Trinajstić information content (AvgIpc) is 2.38. The summed E-state index contributed by atoms with van der Waals surface area (Å²) in [6.45, 7) is 0. The van der Waals surface area contributed by atoms with E-state index < -0.39 is 0 Å². The molecular formula is C7H5ClIN3O. The van der Waals surface area contributed by atoms with Crippen LogP contribution in [0.1, 0.15) is 0 Å². The molecule has 0 unspecified atom stereocenters. The highest BCUT2D eigenvalue weighted by Crippen LogP contribution is 2.20. The molecule has 0 saturated heterocycles. The fourth-order valence-electron chi connectivity index (χ4n) is 1.08. The van der Waals surface area contributed by atoms with Crippen LogP contribution in [0.2, 0.25) is 5.02 Å². The predicted molar refractivity (Wildman–Crippen MR) is 58.2 cm³/mol. The Bertz CT molecular complexity index is 530. The zero-order valence-electron chi connectivity index (χ0n) is 6.66. The summed E-state index contributed by atoms with van der Waals surface area (Å²) in [5, 5.41) is 4.52. The number of rotatable bonds is 0. The molecule has 0 aliphatic heterocycles. The summed E-state index contributed by atoms with van der Waals surface area (Å²) in [5.74, 6) is 0. The van der Waals surface area contributed by atoms with Gasteiger partial charge in [-0.05, 0) is 28.7 Å². The molecule has 2 aromatic heterocycles. The summed E-state index contributed by atoms with van der Waals surface area (Å²) in [6, 6.07) is 1.78. The van der Waals surface area contributed by atoms with E-state index in [0.717, 1.165) is 3.57 Å². The van der Waals surface area contributed by atoms with E-state index in [1.807, 2.05) is 0 Å². The molecule has 0 radical (unpaired) electrons. The molecule has 2 rings (SSSR count). The van der Waals surface area contributed by atoms with Crippen molar-refractivity contribution in [2.75, 3.05) is 0 Å². The van der Waals surface area contributed by atoms with Crippen molar-refractivity contribution in [3.05, 3.63) is 31.3 Å². The van der Waals surface area contributed by atoms with E-state index in [0.29, 0.717) is 10.7 Å². The van der Waals surface area contributed by atoms with Gasteiger partial charge in [-0.1, -0.05) is 11.6 Å². The molecule has 6 heteroatoms. The smallest absolute Gasteiger partial charge is 0.249 e. The first-order valence-electron chi connectivity index (χ1n) is 3.50. The maximum absolute atomic E-state index is 11.4. The van der Waals surface area contributed by atoms with Crippen molar-refractivity contribution in [3.8, 4) is 0 Å². The van der Waals surface area contributed by atoms with Crippen molar-refractivity contribution in [2.24, 2.45) is 7.05 Å². The van der Waals surface area contributed by atoms with Crippen molar-refractivity contribution < 1.29 is 0 Å². The van der Waals surface area contributed by atoms with Crippen LogP contribution in [0.3, 0.4) is 0 Å². The average molecular weight is 309 g/mol. The number of hydrogen-bond acceptors (Lipinski definition) is 2. The topological polar surface area (TPSA) is 39.3 Å². The Balaban J connectivity index is 3.03. The molecule has 0 amide bonds. The minimum atomic E-state index is -0.187. The second kappa shape index (κ2) is 2.98. The first-order valence-corrected chi connectivity index (χ1v) is 4.96. The van der Waals surface area contributed by atoms with Gasteiger partial charge in [0.15, 0.2) is 5.65 Å². The number of fused-ring (bicyclic) bond motifs is 1. The highest BCUT2D eigenvalue weighted by Gasteiger charge is 2.09. The standard InChI is InChI=1S/C7H5ClIN3O/c1-11-7(13)12-3-2-4(9)5(8)6(12)10-11/h2-3H,1H3. The molecule has 2 heterocycles. The van der Waals surface area contributed by atoms with Crippen LogP contribution in [0.4, 0.5) is 0 Å². The summed E-state index contributed by atoms with van der Waals surface area (Å²) in [5.41, 5.74) is 0.314. The fourth-order valence-corrected chi connectivity index (χ4v) is 1.68. The molecule has 2 aromatic rings. The number of pyridine rings is 1. The molecule has 0 saturated carbocycles. The van der Waals surface area contributed by atoms with E-state index in [2.05, 4.69) is 27.7 Å². The van der Waals surface area contributed by atoms with E-state index in [-0.39, 0.29) is 5.69 Å². The molecule has 0 aliphatic rings. The van der Waals surface area contributed by atoms with Gasteiger partial charge < -0.3 is 0 Å². The first-order chi connectivity index (χ1) is 6.11. The monoisotopic (exact) mass is 309 g/mol. The summed E-state index contributed by atoms with van der Waals surface area (Å²) in [7, 11) is 1.60. The Hall–Kier alpha value is -0.560. The Morgan fingerprint density at radius 3 is 3.00 bits per heavy atom. The molecule has 0 aromatic carbocycles. The van der Waals surface area contributed by atoms with Crippen LogP contribution >= 0.6 is 34.2 Å². The number of nitrogens with zero attached hydrogens (tertiary/aromatic N) is 3. The van der Waals surface area contributed by atoms with Gasteiger partial charge in [-0.25, -0.2) is 13.9 Å². The van der Waals surface area contributed by atoms with Crippen molar-refractivity contribution in [1.29, 1.82) is 0 Å². The molecule has 68 valence electrons. The lowest BCUT2D eigenvalue weighted by atomic mass is 10.5. The van der Waals surface area contributed by atoms with E-state index in [1.165, 1.54) is 9.08 Å². The first kappa shape index (κ1) is 9.01. The van der Waals surface area contributed by atoms with Gasteiger partial charge in [-0.15, -0.1) is 5.10 Å². The van der Waals surface area contributed by atoms with Gasteiger partial charge in [0.25, 0.3) is 0 Å². The van der Waals surface area contributed by atoms with Crippen LogP contribution in [0, 0.1) is 3.57 Å². The highest BCUT2D eigenvalue weighted by atomic mass is 127. The highest BCUT2D eigenvalue weighted by molar-refractivity contribution is 14.1. The van der Waals surface area contributed by atoms with Crippen molar-refractivity contribution in [3.63, 3.8) is 0 Å². The van der Waals surface area contributed by atoms with E-state index >= 15 is 0 Å². The van der Waals surface area contributed by atoms with Crippen molar-refractivity contribution in [1.82, 2.24) is 14.2 Å². The van der Waals surface area contributed by atoms with Gasteiger partial charge in [0.05, 0.1) is 5.02 Å². The third-order valence-corrected chi connectivity index (χ3v) is 3.32. The SMILES string of the molecule is Cn1nc2c(Cl)c(I)ccn2c1=O. The van der Waals surface area contributed by atoms with Crippen molar-refractivity contribution in [2.45, 2.75) is 0 Å². The lowest BCUT2D eigenvalue weighted by Crippen LogP contribution is -2.17. The van der Waals surface area contributed by atoms with Crippen LogP contribution in [0.5, 0.6) is 0 Å². The quantitative estimate of drug-likeness (QED) is 0.688. The van der Waals surface area contributed by atoms with E-state index in [9.17, 15) is 4.79 Å². The largest absolute Gasteiger partial charge is 0.350 e. The summed E-state index contributed by atoms with van der Waals surface area (Å²) < 4.78 is 3.57. The lowest BCUT2D eigenvalue weighted by Gasteiger charge is -1.95. The number of aryl methyl sites for hydroxylation is 1. The number of hydrogen-bond donors (Lipinski definition) is 0. The molecule has 0 fully saturated rings. The van der Waals surface area contributed by atoms with Gasteiger partial charge in [-0.3, -0.25) is 0 Å². The van der Waals surface area contributed by atoms with Gasteiger partial charge >= 0.3 is 5.69 Å². The molecule has 13 heavy (non-hydrogen) atoms. The predicted octanol–water partition coefficient (Wildman–Crippen LogP) is 1.29. The molecule has 0 bridgehead atoms. The van der Waals surface area contributed by atoms with Gasteiger partial charge in [0, 0.05) is 16.8 Å². The zero-order chi connectivity index (χ0) is 9.59.